The summed E-state index contributed by atoms with van der Waals surface area (Å²) in [5.41, 5.74) is 2.06. The van der Waals surface area contributed by atoms with Gasteiger partial charge in [-0.2, -0.15) is 0 Å². The first-order valence-corrected chi connectivity index (χ1v) is 11.0. The van der Waals surface area contributed by atoms with E-state index in [9.17, 15) is 19.7 Å². The van der Waals surface area contributed by atoms with E-state index in [4.69, 9.17) is 0 Å². The number of carbonyl (C=O) groups excluding carboxylic acids is 2. The summed E-state index contributed by atoms with van der Waals surface area (Å²) in [7, 11) is 0. The van der Waals surface area contributed by atoms with Crippen LogP contribution in [0.5, 0.6) is 0 Å². The number of amides is 2. The van der Waals surface area contributed by atoms with Crippen molar-refractivity contribution in [2.75, 3.05) is 28.6 Å². The van der Waals surface area contributed by atoms with E-state index in [-0.39, 0.29) is 23.1 Å². The SMILES string of the molecule is CC(C)CC(=O)Nc1ccc(NC(=O)c2cc([N+](=O)[O-])ccc2N2CCC(C)CC2)cc1. The minimum Gasteiger partial charge on any atom is -0.371 e. The van der Waals surface area contributed by atoms with Crippen molar-refractivity contribution >= 4 is 34.6 Å². The topological polar surface area (TPSA) is 105 Å². The minimum absolute atomic E-state index is 0.0612. The van der Waals surface area contributed by atoms with Gasteiger partial charge >= 0.3 is 0 Å². The molecule has 2 amide bonds. The van der Waals surface area contributed by atoms with Gasteiger partial charge in [0.15, 0.2) is 0 Å². The summed E-state index contributed by atoms with van der Waals surface area (Å²) in [5, 5.41) is 16.9. The molecule has 2 aromatic rings. The molecule has 8 nitrogen and oxygen atoms in total. The zero-order chi connectivity index (χ0) is 23.3. The molecule has 0 aromatic heterocycles. The first kappa shape index (κ1) is 23.2. The third-order valence-electron chi connectivity index (χ3n) is 5.58. The quantitative estimate of drug-likeness (QED) is 0.464. The molecule has 1 fully saturated rings. The smallest absolute Gasteiger partial charge is 0.270 e. The van der Waals surface area contributed by atoms with Crippen molar-refractivity contribution in [3.8, 4) is 0 Å². The number of hydrogen-bond donors (Lipinski definition) is 2. The molecule has 1 heterocycles. The maximum Gasteiger partial charge on any atom is 0.270 e. The molecule has 1 aliphatic rings. The van der Waals surface area contributed by atoms with Crippen LogP contribution in [0.4, 0.5) is 22.7 Å². The average molecular weight is 439 g/mol. The normalized spacial score (nSPS) is 14.3. The second kappa shape index (κ2) is 10.3. The molecule has 3 rings (SSSR count). The van der Waals surface area contributed by atoms with Gasteiger partial charge in [-0.1, -0.05) is 20.8 Å². The molecule has 1 aliphatic heterocycles. The fourth-order valence-corrected chi connectivity index (χ4v) is 3.76. The highest BCUT2D eigenvalue weighted by atomic mass is 16.6. The first-order valence-electron chi connectivity index (χ1n) is 11.0. The summed E-state index contributed by atoms with van der Waals surface area (Å²) in [6, 6.07) is 11.3. The van der Waals surface area contributed by atoms with E-state index in [1.807, 2.05) is 13.8 Å². The van der Waals surface area contributed by atoms with Crippen molar-refractivity contribution in [2.45, 2.75) is 40.0 Å². The summed E-state index contributed by atoms with van der Waals surface area (Å²) in [6.07, 6.45) is 2.47. The lowest BCUT2D eigenvalue weighted by molar-refractivity contribution is -0.384. The second-order valence-electron chi connectivity index (χ2n) is 8.81. The van der Waals surface area contributed by atoms with Gasteiger partial charge in [-0.05, 0) is 55.0 Å². The van der Waals surface area contributed by atoms with Crippen LogP contribution in [0.25, 0.3) is 0 Å². The number of hydrogen-bond acceptors (Lipinski definition) is 5. The fraction of sp³-hybridized carbons (Fsp3) is 0.417. The molecule has 8 heteroatoms. The van der Waals surface area contributed by atoms with E-state index in [1.165, 1.54) is 12.1 Å². The van der Waals surface area contributed by atoms with Gasteiger partial charge in [-0.25, -0.2) is 0 Å². The molecule has 32 heavy (non-hydrogen) atoms. The van der Waals surface area contributed by atoms with E-state index in [0.29, 0.717) is 29.4 Å². The minimum atomic E-state index is -0.493. The predicted octanol–water partition coefficient (Wildman–Crippen LogP) is 5.07. The van der Waals surface area contributed by atoms with Crippen molar-refractivity contribution in [1.29, 1.82) is 0 Å². The molecule has 2 aromatic carbocycles. The summed E-state index contributed by atoms with van der Waals surface area (Å²) >= 11 is 0. The molecule has 0 spiro atoms. The Morgan fingerprint density at radius 1 is 1.06 bits per heavy atom. The second-order valence-corrected chi connectivity index (χ2v) is 8.81. The molecule has 0 radical (unpaired) electrons. The molecule has 1 saturated heterocycles. The van der Waals surface area contributed by atoms with Crippen LogP contribution in [0.3, 0.4) is 0 Å². The van der Waals surface area contributed by atoms with Crippen molar-refractivity contribution in [1.82, 2.24) is 0 Å². The number of anilines is 3. The van der Waals surface area contributed by atoms with E-state index >= 15 is 0 Å². The van der Waals surface area contributed by atoms with E-state index in [1.54, 1.807) is 30.3 Å². The van der Waals surface area contributed by atoms with E-state index in [0.717, 1.165) is 25.9 Å². The molecular formula is C24H30N4O4. The largest absolute Gasteiger partial charge is 0.371 e. The van der Waals surface area contributed by atoms with Gasteiger partial charge in [-0.15, -0.1) is 0 Å². The highest BCUT2D eigenvalue weighted by Gasteiger charge is 2.23. The lowest BCUT2D eigenvalue weighted by Gasteiger charge is -2.33. The zero-order valence-electron chi connectivity index (χ0n) is 18.8. The summed E-state index contributed by atoms with van der Waals surface area (Å²) in [4.78, 5) is 37.9. The summed E-state index contributed by atoms with van der Waals surface area (Å²) in [5.74, 6) is 0.426. The van der Waals surface area contributed by atoms with Crippen LogP contribution in [0.15, 0.2) is 42.5 Å². The van der Waals surface area contributed by atoms with Crippen LogP contribution >= 0.6 is 0 Å². The van der Waals surface area contributed by atoms with E-state index in [2.05, 4.69) is 22.5 Å². The van der Waals surface area contributed by atoms with Crippen molar-refractivity contribution in [3.05, 3.63) is 58.1 Å². The van der Waals surface area contributed by atoms with Crippen LogP contribution in [0.2, 0.25) is 0 Å². The molecular weight excluding hydrogens is 408 g/mol. The molecule has 0 saturated carbocycles. The fourth-order valence-electron chi connectivity index (χ4n) is 3.76. The maximum atomic E-state index is 13.1. The molecule has 0 aliphatic carbocycles. The van der Waals surface area contributed by atoms with Crippen molar-refractivity contribution < 1.29 is 14.5 Å². The Kier molecular flexibility index (Phi) is 7.45. The third kappa shape index (κ3) is 6.06. The van der Waals surface area contributed by atoms with Gasteiger partial charge in [-0.3, -0.25) is 19.7 Å². The number of non-ortho nitro benzene ring substituents is 1. The first-order chi connectivity index (χ1) is 15.2. The Labute approximate surface area is 188 Å². The number of rotatable bonds is 7. The van der Waals surface area contributed by atoms with E-state index < -0.39 is 10.8 Å². The molecule has 0 bridgehead atoms. The van der Waals surface area contributed by atoms with Crippen molar-refractivity contribution in [3.63, 3.8) is 0 Å². The zero-order valence-corrected chi connectivity index (χ0v) is 18.8. The number of nitro groups is 1. The van der Waals surface area contributed by atoms with Gasteiger partial charge in [0.1, 0.15) is 0 Å². The van der Waals surface area contributed by atoms with Crippen LogP contribution in [-0.2, 0) is 4.79 Å². The highest BCUT2D eigenvalue weighted by molar-refractivity contribution is 6.08. The Morgan fingerprint density at radius 3 is 2.22 bits per heavy atom. The van der Waals surface area contributed by atoms with Crippen LogP contribution in [-0.4, -0.2) is 29.8 Å². The number of nitrogens with one attached hydrogen (secondary N) is 2. The molecule has 0 atom stereocenters. The third-order valence-corrected chi connectivity index (χ3v) is 5.58. The lowest BCUT2D eigenvalue weighted by atomic mass is 9.98. The Hall–Kier alpha value is -3.42. The standard InChI is InChI=1S/C24H30N4O4/c1-16(2)14-23(29)25-18-4-6-19(7-5-18)26-24(30)21-15-20(28(31)32)8-9-22(21)27-12-10-17(3)11-13-27/h4-9,15-17H,10-14H2,1-3H3,(H,25,29)(H,26,30). The van der Waals surface area contributed by atoms with Crippen LogP contribution in [0, 0.1) is 22.0 Å². The number of benzene rings is 2. The van der Waals surface area contributed by atoms with Gasteiger partial charge in [0.25, 0.3) is 11.6 Å². The van der Waals surface area contributed by atoms with Gasteiger partial charge in [0.05, 0.1) is 16.2 Å². The Morgan fingerprint density at radius 2 is 1.66 bits per heavy atom. The Bertz CT molecular complexity index is 980. The molecule has 170 valence electrons. The monoisotopic (exact) mass is 438 g/mol. The van der Waals surface area contributed by atoms with Gasteiger partial charge in [0, 0.05) is 43.0 Å². The maximum absolute atomic E-state index is 13.1. The number of piperidine rings is 1. The van der Waals surface area contributed by atoms with Gasteiger partial charge in [0.2, 0.25) is 5.91 Å². The Balaban J connectivity index is 1.76. The summed E-state index contributed by atoms with van der Waals surface area (Å²) in [6.45, 7) is 7.78. The van der Waals surface area contributed by atoms with Crippen LogP contribution in [0.1, 0.15) is 50.4 Å². The molecule has 2 N–H and O–H groups in total. The highest BCUT2D eigenvalue weighted by Crippen LogP contribution is 2.30. The predicted molar refractivity (Wildman–Crippen MR) is 126 cm³/mol. The van der Waals surface area contributed by atoms with Gasteiger partial charge < -0.3 is 15.5 Å². The number of carbonyl (C=O) groups is 2. The number of nitrogens with zero attached hydrogens (tertiary/aromatic N) is 2. The average Bonchev–Trinajstić information content (AvgIpc) is 2.74. The number of nitro benzene ring substituents is 1. The summed E-state index contributed by atoms with van der Waals surface area (Å²) < 4.78 is 0. The van der Waals surface area contributed by atoms with Crippen molar-refractivity contribution in [2.24, 2.45) is 11.8 Å². The molecule has 0 unspecified atom stereocenters. The lowest BCUT2D eigenvalue weighted by Crippen LogP contribution is -2.34. The van der Waals surface area contributed by atoms with Crippen LogP contribution < -0.4 is 15.5 Å².